The molecule has 4 nitrogen and oxygen atoms in total. The maximum absolute atomic E-state index is 10.7. The number of rotatable bonds is 1. The van der Waals surface area contributed by atoms with Crippen molar-refractivity contribution >= 4 is 23.0 Å². The number of hydrogen-bond acceptors (Lipinski definition) is 4. The van der Waals surface area contributed by atoms with Crippen LogP contribution in [0.2, 0.25) is 0 Å². The van der Waals surface area contributed by atoms with Gasteiger partial charge in [-0.05, 0) is 0 Å². The Bertz CT molecular complexity index is 304. The first kappa shape index (κ1) is 6.48. The molecule has 1 aromatic heterocycles. The molecule has 0 bridgehead atoms. The van der Waals surface area contributed by atoms with Crippen LogP contribution in [0.3, 0.4) is 0 Å². The van der Waals surface area contributed by atoms with Crippen LogP contribution in [-0.2, 0) is 4.79 Å². The van der Waals surface area contributed by atoms with Gasteiger partial charge >= 0.3 is 0 Å². The Morgan fingerprint density at radius 1 is 1.64 bits per heavy atom. The van der Waals surface area contributed by atoms with Crippen LogP contribution >= 0.6 is 11.3 Å². The van der Waals surface area contributed by atoms with Gasteiger partial charge in [0.05, 0.1) is 6.42 Å². The monoisotopic (exact) mass is 167 g/mol. The second-order valence-electron chi connectivity index (χ2n) is 2.11. The summed E-state index contributed by atoms with van der Waals surface area (Å²) in [6, 6.07) is 0. The number of hydrogen-bond donors (Lipinski definition) is 1. The van der Waals surface area contributed by atoms with E-state index in [2.05, 4.69) is 15.5 Å². The molecule has 2 heterocycles. The van der Waals surface area contributed by atoms with Gasteiger partial charge in [-0.1, -0.05) is 0 Å². The fourth-order valence-corrected chi connectivity index (χ4v) is 1.48. The Morgan fingerprint density at radius 3 is 3.09 bits per heavy atom. The smallest absolute Gasteiger partial charge is 0.246 e. The largest absolute Gasteiger partial charge is 0.273 e. The van der Waals surface area contributed by atoms with Gasteiger partial charge in [0.15, 0.2) is 0 Å². The van der Waals surface area contributed by atoms with E-state index in [-0.39, 0.29) is 5.91 Å². The Hall–Kier alpha value is -1.23. The Kier molecular flexibility index (Phi) is 1.43. The topological polar surface area (TPSA) is 54.4 Å². The number of thiazole rings is 1. The van der Waals surface area contributed by atoms with Crippen molar-refractivity contribution in [2.75, 3.05) is 0 Å². The van der Waals surface area contributed by atoms with E-state index in [9.17, 15) is 4.79 Å². The molecule has 0 atom stereocenters. The third-order valence-electron chi connectivity index (χ3n) is 1.32. The molecule has 0 saturated heterocycles. The van der Waals surface area contributed by atoms with Crippen molar-refractivity contribution in [1.29, 1.82) is 0 Å². The van der Waals surface area contributed by atoms with Gasteiger partial charge in [-0.15, -0.1) is 11.3 Å². The van der Waals surface area contributed by atoms with Crippen molar-refractivity contribution in [3.63, 3.8) is 0 Å². The number of carbonyl (C=O) groups is 1. The van der Waals surface area contributed by atoms with E-state index >= 15 is 0 Å². The van der Waals surface area contributed by atoms with Gasteiger partial charge in [0.1, 0.15) is 10.7 Å². The molecule has 56 valence electrons. The van der Waals surface area contributed by atoms with Crippen molar-refractivity contribution < 1.29 is 4.79 Å². The predicted molar refractivity (Wildman–Crippen MR) is 41.4 cm³/mol. The first-order valence-corrected chi connectivity index (χ1v) is 3.99. The van der Waals surface area contributed by atoms with Crippen LogP contribution in [0.4, 0.5) is 0 Å². The maximum atomic E-state index is 10.7. The Labute approximate surface area is 67.0 Å². The number of amides is 1. The fourth-order valence-electron chi connectivity index (χ4n) is 0.850. The van der Waals surface area contributed by atoms with E-state index in [0.29, 0.717) is 6.42 Å². The summed E-state index contributed by atoms with van der Waals surface area (Å²) in [7, 11) is 0. The van der Waals surface area contributed by atoms with Crippen LogP contribution in [0.5, 0.6) is 0 Å². The van der Waals surface area contributed by atoms with Crippen molar-refractivity contribution in [3.05, 3.63) is 16.6 Å². The fraction of sp³-hybridized carbons (Fsp3) is 0.167. The summed E-state index contributed by atoms with van der Waals surface area (Å²) in [5.41, 5.74) is 3.11. The molecule has 0 radical (unpaired) electrons. The van der Waals surface area contributed by atoms with E-state index in [0.717, 1.165) is 10.7 Å². The summed E-state index contributed by atoms with van der Waals surface area (Å²) in [5.74, 6) is -0.0600. The summed E-state index contributed by atoms with van der Waals surface area (Å²) in [5, 5.41) is 6.51. The van der Waals surface area contributed by atoms with Crippen LogP contribution in [0.1, 0.15) is 11.4 Å². The number of hydrazone groups is 1. The van der Waals surface area contributed by atoms with Crippen LogP contribution in [0, 0.1) is 0 Å². The molecular formula is C6H5N3OS. The summed E-state index contributed by atoms with van der Waals surface area (Å²) >= 11 is 1.49. The third-order valence-corrected chi connectivity index (χ3v) is 2.14. The molecule has 1 N–H and O–H groups in total. The minimum atomic E-state index is -0.0600. The Balaban J connectivity index is 2.26. The standard InChI is InChI=1S/C6H5N3OS/c10-5-3-4(8-9-5)6-7-1-2-11-6/h1-2H,3H2,(H,9,10). The Morgan fingerprint density at radius 2 is 2.55 bits per heavy atom. The van der Waals surface area contributed by atoms with E-state index in [1.807, 2.05) is 5.38 Å². The molecule has 11 heavy (non-hydrogen) atoms. The third kappa shape index (κ3) is 1.14. The average Bonchev–Trinajstić information content (AvgIpc) is 2.55. The van der Waals surface area contributed by atoms with Crippen molar-refractivity contribution in [1.82, 2.24) is 10.4 Å². The van der Waals surface area contributed by atoms with E-state index < -0.39 is 0 Å². The molecule has 1 amide bonds. The summed E-state index contributed by atoms with van der Waals surface area (Å²) in [6.07, 6.45) is 2.05. The highest BCUT2D eigenvalue weighted by atomic mass is 32.1. The normalized spacial score (nSPS) is 16.4. The highest BCUT2D eigenvalue weighted by molar-refractivity contribution is 7.11. The molecule has 0 saturated carbocycles. The number of nitrogens with zero attached hydrogens (tertiary/aromatic N) is 2. The van der Waals surface area contributed by atoms with Gasteiger partial charge in [0, 0.05) is 11.6 Å². The lowest BCUT2D eigenvalue weighted by Gasteiger charge is -1.86. The van der Waals surface area contributed by atoms with Crippen molar-refractivity contribution in [2.45, 2.75) is 6.42 Å². The quantitative estimate of drug-likeness (QED) is 0.656. The molecule has 2 rings (SSSR count). The zero-order valence-corrected chi connectivity index (χ0v) is 6.39. The maximum Gasteiger partial charge on any atom is 0.246 e. The highest BCUT2D eigenvalue weighted by Crippen LogP contribution is 2.10. The molecule has 0 aliphatic carbocycles. The van der Waals surface area contributed by atoms with Crippen LogP contribution in [-0.4, -0.2) is 16.6 Å². The van der Waals surface area contributed by atoms with Crippen LogP contribution < -0.4 is 5.43 Å². The predicted octanol–water partition coefficient (Wildman–Crippen LogP) is 0.367. The van der Waals surface area contributed by atoms with Crippen molar-refractivity contribution in [2.24, 2.45) is 5.10 Å². The number of carbonyl (C=O) groups excluding carboxylic acids is 1. The van der Waals surface area contributed by atoms with E-state index in [4.69, 9.17) is 0 Å². The van der Waals surface area contributed by atoms with Gasteiger partial charge in [0.25, 0.3) is 0 Å². The lowest BCUT2D eigenvalue weighted by molar-refractivity contribution is -0.119. The number of nitrogens with one attached hydrogen (secondary N) is 1. The second kappa shape index (κ2) is 2.43. The second-order valence-corrected chi connectivity index (χ2v) is 3.00. The summed E-state index contributed by atoms with van der Waals surface area (Å²) in [6.45, 7) is 0. The molecule has 0 fully saturated rings. The van der Waals surface area contributed by atoms with Crippen LogP contribution in [0.25, 0.3) is 0 Å². The van der Waals surface area contributed by atoms with Gasteiger partial charge in [-0.25, -0.2) is 10.4 Å². The molecule has 0 unspecified atom stereocenters. The van der Waals surface area contributed by atoms with E-state index in [1.54, 1.807) is 6.20 Å². The lowest BCUT2D eigenvalue weighted by atomic mass is 10.3. The van der Waals surface area contributed by atoms with Gasteiger partial charge in [-0.2, -0.15) is 5.10 Å². The molecule has 1 aliphatic rings. The molecular weight excluding hydrogens is 162 g/mol. The van der Waals surface area contributed by atoms with Gasteiger partial charge in [-0.3, -0.25) is 4.79 Å². The zero-order valence-electron chi connectivity index (χ0n) is 5.57. The molecule has 1 aromatic rings. The average molecular weight is 167 g/mol. The minimum Gasteiger partial charge on any atom is -0.273 e. The summed E-state index contributed by atoms with van der Waals surface area (Å²) < 4.78 is 0. The highest BCUT2D eigenvalue weighted by Gasteiger charge is 2.17. The minimum absolute atomic E-state index is 0.0600. The molecule has 1 aliphatic heterocycles. The van der Waals surface area contributed by atoms with Crippen LogP contribution in [0.15, 0.2) is 16.7 Å². The molecule has 5 heteroatoms. The van der Waals surface area contributed by atoms with Crippen molar-refractivity contribution in [3.8, 4) is 0 Å². The first-order valence-electron chi connectivity index (χ1n) is 3.11. The molecule has 0 spiro atoms. The lowest BCUT2D eigenvalue weighted by Crippen LogP contribution is -2.09. The SMILES string of the molecule is O=C1CC(c2nccs2)=NN1. The van der Waals surface area contributed by atoms with Gasteiger partial charge < -0.3 is 0 Å². The molecule has 0 aromatic carbocycles. The summed E-state index contributed by atoms with van der Waals surface area (Å²) in [4.78, 5) is 14.7. The number of aromatic nitrogens is 1. The first-order chi connectivity index (χ1) is 5.36. The van der Waals surface area contributed by atoms with E-state index in [1.165, 1.54) is 11.3 Å². The zero-order chi connectivity index (χ0) is 7.68. The van der Waals surface area contributed by atoms with Gasteiger partial charge in [0.2, 0.25) is 5.91 Å².